The predicted molar refractivity (Wildman–Crippen MR) is 81.4 cm³/mol. The summed E-state index contributed by atoms with van der Waals surface area (Å²) in [5, 5.41) is 3.37. The number of aromatic nitrogens is 2. The van der Waals surface area contributed by atoms with Gasteiger partial charge in [0.05, 0.1) is 11.9 Å². The van der Waals surface area contributed by atoms with Crippen LogP contribution in [0.5, 0.6) is 0 Å². The molecule has 0 aliphatic rings. The lowest BCUT2D eigenvalue weighted by molar-refractivity contribution is 0.544. The molecule has 0 radical (unpaired) electrons. The van der Waals surface area contributed by atoms with Crippen LogP contribution in [0.3, 0.4) is 0 Å². The Hall–Kier alpha value is -1.16. The summed E-state index contributed by atoms with van der Waals surface area (Å²) < 4.78 is 0. The van der Waals surface area contributed by atoms with Gasteiger partial charge in [-0.1, -0.05) is 27.2 Å². The highest BCUT2D eigenvalue weighted by Gasteiger charge is 2.10. The third-order valence-electron chi connectivity index (χ3n) is 3.34. The van der Waals surface area contributed by atoms with E-state index in [0.717, 1.165) is 44.1 Å². The first-order valence-corrected chi connectivity index (χ1v) is 7.47. The predicted octanol–water partition coefficient (Wildman–Crippen LogP) is 2.85. The maximum Gasteiger partial charge on any atom is 0.147 e. The van der Waals surface area contributed by atoms with E-state index >= 15 is 0 Å². The second-order valence-electron chi connectivity index (χ2n) is 5.10. The highest BCUT2D eigenvalue weighted by molar-refractivity contribution is 5.36. The Labute approximate surface area is 117 Å². The summed E-state index contributed by atoms with van der Waals surface area (Å²) in [5.41, 5.74) is 1.02. The average Bonchev–Trinajstić information content (AvgIpc) is 2.45. The summed E-state index contributed by atoms with van der Waals surface area (Å²) in [6, 6.07) is 0. The fourth-order valence-corrected chi connectivity index (χ4v) is 1.92. The number of nitrogens with zero attached hydrogens (tertiary/aromatic N) is 3. The minimum atomic E-state index is 0.684. The van der Waals surface area contributed by atoms with Gasteiger partial charge in [0.2, 0.25) is 0 Å². The quantitative estimate of drug-likeness (QED) is 0.696. The third-order valence-corrected chi connectivity index (χ3v) is 3.34. The maximum absolute atomic E-state index is 4.70. The SMILES string of the molecule is CCCNCc1cncc(N(CC)CC(C)CC)n1. The lowest BCUT2D eigenvalue weighted by Gasteiger charge is -2.25. The Bertz CT molecular complexity index is 354. The number of rotatable bonds is 9. The summed E-state index contributed by atoms with van der Waals surface area (Å²) >= 11 is 0. The standard InChI is InChI=1S/C15H28N4/c1-5-8-16-9-14-10-17-11-15(18-14)19(7-3)12-13(4)6-2/h10-11,13,16H,5-9,12H2,1-4H3. The lowest BCUT2D eigenvalue weighted by Crippen LogP contribution is -2.29. The molecule has 1 rings (SSSR count). The van der Waals surface area contributed by atoms with Crippen LogP contribution in [0.4, 0.5) is 5.82 Å². The summed E-state index contributed by atoms with van der Waals surface area (Å²) in [4.78, 5) is 11.3. The van der Waals surface area contributed by atoms with Gasteiger partial charge in [0, 0.05) is 25.8 Å². The van der Waals surface area contributed by atoms with E-state index in [9.17, 15) is 0 Å². The zero-order valence-electron chi connectivity index (χ0n) is 12.8. The molecule has 4 nitrogen and oxygen atoms in total. The monoisotopic (exact) mass is 264 g/mol. The molecule has 0 saturated heterocycles. The summed E-state index contributed by atoms with van der Waals surface area (Å²) in [7, 11) is 0. The van der Waals surface area contributed by atoms with E-state index in [0.29, 0.717) is 5.92 Å². The molecule has 0 fully saturated rings. The summed E-state index contributed by atoms with van der Waals surface area (Å²) in [6.07, 6.45) is 6.06. The maximum atomic E-state index is 4.70. The molecule has 0 spiro atoms. The van der Waals surface area contributed by atoms with Crippen molar-refractivity contribution in [1.82, 2.24) is 15.3 Å². The van der Waals surface area contributed by atoms with Gasteiger partial charge in [-0.2, -0.15) is 0 Å². The Morgan fingerprint density at radius 3 is 2.68 bits per heavy atom. The molecule has 0 bridgehead atoms. The van der Waals surface area contributed by atoms with Gasteiger partial charge in [-0.3, -0.25) is 4.98 Å². The van der Waals surface area contributed by atoms with Crippen molar-refractivity contribution in [3.05, 3.63) is 18.1 Å². The molecule has 1 aromatic heterocycles. The molecule has 1 atom stereocenters. The van der Waals surface area contributed by atoms with Crippen molar-refractivity contribution in [1.29, 1.82) is 0 Å². The van der Waals surface area contributed by atoms with Gasteiger partial charge in [0.25, 0.3) is 0 Å². The number of hydrogen-bond acceptors (Lipinski definition) is 4. The second-order valence-corrected chi connectivity index (χ2v) is 5.10. The molecule has 19 heavy (non-hydrogen) atoms. The Kier molecular flexibility index (Phi) is 7.41. The topological polar surface area (TPSA) is 41.1 Å². The Morgan fingerprint density at radius 2 is 2.05 bits per heavy atom. The first kappa shape index (κ1) is 15.9. The van der Waals surface area contributed by atoms with Crippen molar-refractivity contribution >= 4 is 5.82 Å². The van der Waals surface area contributed by atoms with Gasteiger partial charge in [0.15, 0.2) is 0 Å². The fourth-order valence-electron chi connectivity index (χ4n) is 1.92. The number of hydrogen-bond donors (Lipinski definition) is 1. The van der Waals surface area contributed by atoms with E-state index in [1.807, 2.05) is 12.4 Å². The Balaban J connectivity index is 2.66. The highest BCUT2D eigenvalue weighted by atomic mass is 15.2. The first-order valence-electron chi connectivity index (χ1n) is 7.47. The first-order chi connectivity index (χ1) is 9.21. The highest BCUT2D eigenvalue weighted by Crippen LogP contribution is 2.13. The van der Waals surface area contributed by atoms with Crippen LogP contribution in [-0.4, -0.2) is 29.6 Å². The fraction of sp³-hybridized carbons (Fsp3) is 0.733. The van der Waals surface area contributed by atoms with E-state index in [4.69, 9.17) is 4.98 Å². The zero-order chi connectivity index (χ0) is 14.1. The van der Waals surface area contributed by atoms with Crippen LogP contribution in [0.1, 0.15) is 46.2 Å². The van der Waals surface area contributed by atoms with Crippen LogP contribution in [0.2, 0.25) is 0 Å². The van der Waals surface area contributed by atoms with E-state index < -0.39 is 0 Å². The van der Waals surface area contributed by atoms with Crippen LogP contribution >= 0.6 is 0 Å². The van der Waals surface area contributed by atoms with Crippen LogP contribution < -0.4 is 10.2 Å². The molecule has 108 valence electrons. The summed E-state index contributed by atoms with van der Waals surface area (Å²) in [5.74, 6) is 1.68. The molecule has 0 aliphatic carbocycles. The van der Waals surface area contributed by atoms with E-state index in [2.05, 4.69) is 42.9 Å². The second kappa shape index (κ2) is 8.86. The molecule has 1 N–H and O–H groups in total. The molecule has 1 unspecified atom stereocenters. The van der Waals surface area contributed by atoms with Crippen LogP contribution in [0, 0.1) is 5.92 Å². The largest absolute Gasteiger partial charge is 0.355 e. The van der Waals surface area contributed by atoms with Gasteiger partial charge in [-0.05, 0) is 25.8 Å². The van der Waals surface area contributed by atoms with Crippen molar-refractivity contribution in [2.45, 2.75) is 47.1 Å². The molecular formula is C15H28N4. The van der Waals surface area contributed by atoms with Gasteiger partial charge in [-0.25, -0.2) is 4.98 Å². The Morgan fingerprint density at radius 1 is 1.26 bits per heavy atom. The molecule has 0 aromatic carbocycles. The van der Waals surface area contributed by atoms with Gasteiger partial charge in [-0.15, -0.1) is 0 Å². The number of nitrogens with one attached hydrogen (secondary N) is 1. The smallest absolute Gasteiger partial charge is 0.147 e. The molecule has 0 aliphatic heterocycles. The van der Waals surface area contributed by atoms with Crippen molar-refractivity contribution in [3.63, 3.8) is 0 Å². The molecular weight excluding hydrogens is 236 g/mol. The van der Waals surface area contributed by atoms with Crippen molar-refractivity contribution < 1.29 is 0 Å². The minimum Gasteiger partial charge on any atom is -0.355 e. The summed E-state index contributed by atoms with van der Waals surface area (Å²) in [6.45, 7) is 12.7. The third kappa shape index (κ3) is 5.55. The molecule has 0 amide bonds. The molecule has 1 heterocycles. The molecule has 1 aromatic rings. The van der Waals surface area contributed by atoms with Crippen LogP contribution in [-0.2, 0) is 6.54 Å². The lowest BCUT2D eigenvalue weighted by atomic mass is 10.1. The van der Waals surface area contributed by atoms with E-state index in [1.165, 1.54) is 6.42 Å². The number of anilines is 1. The van der Waals surface area contributed by atoms with Crippen molar-refractivity contribution in [2.75, 3.05) is 24.5 Å². The average molecular weight is 264 g/mol. The molecule has 0 saturated carbocycles. The van der Waals surface area contributed by atoms with Gasteiger partial charge >= 0.3 is 0 Å². The van der Waals surface area contributed by atoms with Crippen LogP contribution in [0.15, 0.2) is 12.4 Å². The van der Waals surface area contributed by atoms with E-state index in [-0.39, 0.29) is 0 Å². The normalized spacial score (nSPS) is 12.4. The van der Waals surface area contributed by atoms with Crippen molar-refractivity contribution in [2.24, 2.45) is 5.92 Å². The van der Waals surface area contributed by atoms with E-state index in [1.54, 1.807) is 0 Å². The van der Waals surface area contributed by atoms with Gasteiger partial charge in [0.1, 0.15) is 5.82 Å². The van der Waals surface area contributed by atoms with Crippen LogP contribution in [0.25, 0.3) is 0 Å². The minimum absolute atomic E-state index is 0.684. The van der Waals surface area contributed by atoms with Crippen molar-refractivity contribution in [3.8, 4) is 0 Å². The zero-order valence-corrected chi connectivity index (χ0v) is 12.8. The molecule has 4 heteroatoms. The van der Waals surface area contributed by atoms with Gasteiger partial charge < -0.3 is 10.2 Å².